The molecule has 11 heteroatoms. The summed E-state index contributed by atoms with van der Waals surface area (Å²) >= 11 is 0. The molecule has 0 spiro atoms. The predicted octanol–water partition coefficient (Wildman–Crippen LogP) is 1.94. The minimum absolute atomic E-state index is 0.315. The number of quaternary nitrogens is 1. The number of hydrogen-bond donors (Lipinski definition) is 1. The molecular weight excluding hydrogens is 353 g/mol. The highest BCUT2D eigenvalue weighted by molar-refractivity contribution is 7.86. The summed E-state index contributed by atoms with van der Waals surface area (Å²) in [4.78, 5) is 11.5. The zero-order chi connectivity index (χ0) is 19.3. The van der Waals surface area contributed by atoms with Crippen molar-refractivity contribution in [2.24, 2.45) is 0 Å². The molecule has 24 heavy (non-hydrogen) atoms. The Balaban J connectivity index is 0.000000561. The van der Waals surface area contributed by atoms with Gasteiger partial charge in [0.2, 0.25) is 0 Å². The van der Waals surface area contributed by atoms with Crippen molar-refractivity contribution >= 4 is 21.8 Å². The number of benzene rings is 1. The molecule has 0 heterocycles. The highest BCUT2D eigenvalue weighted by Gasteiger charge is 2.44. The molecule has 1 aromatic rings. The fourth-order valence-electron chi connectivity index (χ4n) is 1.33. The minimum atomic E-state index is -5.84. The van der Waals surface area contributed by atoms with Crippen LogP contribution in [0.5, 0.6) is 0 Å². The van der Waals surface area contributed by atoms with Crippen molar-refractivity contribution in [3.63, 3.8) is 0 Å². The molecule has 1 rings (SSSR count). The number of hydrogen-bond acceptors (Lipinski definition) is 5. The smallest absolute Gasteiger partial charge is 0.465 e. The molecule has 0 bridgehead atoms. The maximum atomic E-state index is 11.5. The van der Waals surface area contributed by atoms with Gasteiger partial charge in [0.05, 0.1) is 39.4 Å². The van der Waals surface area contributed by atoms with Gasteiger partial charge in [-0.15, -0.1) is 0 Å². The van der Waals surface area contributed by atoms with Crippen LogP contribution < -0.4 is 4.48 Å². The lowest BCUT2D eigenvalue weighted by Gasteiger charge is -2.23. The van der Waals surface area contributed by atoms with Crippen molar-refractivity contribution in [1.82, 2.24) is 4.48 Å². The molecular formula is C13H16F3N2O5S+. The third-order valence-corrected chi connectivity index (χ3v) is 3.18. The van der Waals surface area contributed by atoms with Crippen LogP contribution >= 0.6 is 0 Å². The van der Waals surface area contributed by atoms with E-state index < -0.39 is 21.6 Å². The van der Waals surface area contributed by atoms with Crippen molar-refractivity contribution in [3.8, 4) is 6.07 Å². The largest absolute Gasteiger partial charge is 0.522 e. The van der Waals surface area contributed by atoms with E-state index in [-0.39, 0.29) is 0 Å². The number of halogens is 3. The lowest BCUT2D eigenvalue weighted by atomic mass is 10.1. The summed E-state index contributed by atoms with van der Waals surface area (Å²) in [6, 6.07) is 7.16. The summed E-state index contributed by atoms with van der Waals surface area (Å²) in [6.07, 6.45) is 0. The van der Waals surface area contributed by atoms with Gasteiger partial charge in [0.1, 0.15) is 11.8 Å². The summed E-state index contributed by atoms with van der Waals surface area (Å²) in [5.74, 6) is -0.480. The van der Waals surface area contributed by atoms with Gasteiger partial charge in [-0.05, 0) is 6.07 Å². The van der Waals surface area contributed by atoms with E-state index in [2.05, 4.69) is 4.74 Å². The second-order valence-corrected chi connectivity index (χ2v) is 6.68. The van der Waals surface area contributed by atoms with Crippen molar-refractivity contribution in [1.29, 1.82) is 5.26 Å². The summed E-state index contributed by atoms with van der Waals surface area (Å²) in [6.45, 7) is 0. The maximum Gasteiger partial charge on any atom is 0.522 e. The van der Waals surface area contributed by atoms with Gasteiger partial charge in [-0.2, -0.15) is 26.9 Å². The molecule has 0 amide bonds. The molecule has 0 aromatic heterocycles. The van der Waals surface area contributed by atoms with Crippen molar-refractivity contribution < 1.29 is 35.7 Å². The van der Waals surface area contributed by atoms with Gasteiger partial charge >= 0.3 is 21.6 Å². The van der Waals surface area contributed by atoms with Gasteiger partial charge < -0.3 is 4.74 Å². The Morgan fingerprint density at radius 2 is 1.75 bits per heavy atom. The summed E-state index contributed by atoms with van der Waals surface area (Å²) in [5.41, 5.74) is -3.94. The van der Waals surface area contributed by atoms with Crippen LogP contribution in [-0.2, 0) is 14.9 Å². The SMILES string of the molecule is COC(=O)c1cc([N+](C)(C)C)ccc1C#N.O=S(=O)(O)C(F)(F)F. The first kappa shape index (κ1) is 21.8. The van der Waals surface area contributed by atoms with Gasteiger partial charge in [0.15, 0.2) is 0 Å². The number of carbonyl (C=O) groups is 1. The molecule has 134 valence electrons. The third-order valence-electron chi connectivity index (χ3n) is 2.60. The van der Waals surface area contributed by atoms with E-state index in [1.807, 2.05) is 33.3 Å². The van der Waals surface area contributed by atoms with Crippen molar-refractivity contribution in [2.45, 2.75) is 5.51 Å². The molecule has 0 fully saturated rings. The average Bonchev–Trinajstić information content (AvgIpc) is 2.43. The van der Waals surface area contributed by atoms with Gasteiger partial charge in [0, 0.05) is 12.1 Å². The van der Waals surface area contributed by atoms with Gasteiger partial charge in [-0.25, -0.2) is 4.79 Å². The van der Waals surface area contributed by atoms with Crippen molar-refractivity contribution in [3.05, 3.63) is 29.3 Å². The van der Waals surface area contributed by atoms with Gasteiger partial charge in [-0.3, -0.25) is 9.04 Å². The molecule has 0 saturated carbocycles. The van der Waals surface area contributed by atoms with E-state index in [4.69, 9.17) is 18.2 Å². The Morgan fingerprint density at radius 3 is 2.04 bits per heavy atom. The number of ether oxygens (including phenoxy) is 1. The number of nitriles is 1. The molecule has 0 atom stereocenters. The fraction of sp³-hybridized carbons (Fsp3) is 0.385. The quantitative estimate of drug-likeness (QED) is 0.370. The van der Waals surface area contributed by atoms with E-state index in [9.17, 15) is 18.0 Å². The van der Waals surface area contributed by atoms with Crippen LogP contribution in [0.25, 0.3) is 0 Å². The van der Waals surface area contributed by atoms with E-state index in [0.29, 0.717) is 15.6 Å². The number of nitrogens with zero attached hydrogens (tertiary/aromatic N) is 2. The van der Waals surface area contributed by atoms with E-state index in [0.717, 1.165) is 5.69 Å². The molecule has 0 saturated heterocycles. The highest BCUT2D eigenvalue weighted by atomic mass is 32.2. The molecule has 0 aliphatic heterocycles. The molecule has 0 aliphatic rings. The number of rotatable bonds is 2. The minimum Gasteiger partial charge on any atom is -0.465 e. The van der Waals surface area contributed by atoms with E-state index >= 15 is 0 Å². The second-order valence-electron chi connectivity index (χ2n) is 5.27. The highest BCUT2D eigenvalue weighted by Crippen LogP contribution is 2.22. The van der Waals surface area contributed by atoms with E-state index in [1.165, 1.54) is 7.11 Å². The van der Waals surface area contributed by atoms with Crippen LogP contribution in [0.3, 0.4) is 0 Å². The molecule has 7 nitrogen and oxygen atoms in total. The van der Waals surface area contributed by atoms with Gasteiger partial charge in [-0.1, -0.05) is 0 Å². The lowest BCUT2D eigenvalue weighted by molar-refractivity contribution is -0.0510. The van der Waals surface area contributed by atoms with Crippen LogP contribution in [-0.4, -0.2) is 52.7 Å². The maximum absolute atomic E-state index is 11.5. The third kappa shape index (κ3) is 6.15. The Hall–Kier alpha value is -2.16. The van der Waals surface area contributed by atoms with Crippen LogP contribution in [0.15, 0.2) is 18.2 Å². The second kappa shape index (κ2) is 7.61. The van der Waals surface area contributed by atoms with Crippen molar-refractivity contribution in [2.75, 3.05) is 28.3 Å². The Bertz CT molecular complexity index is 746. The Kier molecular flexibility index (Phi) is 6.92. The zero-order valence-corrected chi connectivity index (χ0v) is 14.1. The molecule has 0 radical (unpaired) electrons. The average molecular weight is 369 g/mol. The van der Waals surface area contributed by atoms with Crippen LogP contribution in [0, 0.1) is 11.3 Å². The Morgan fingerprint density at radius 1 is 1.29 bits per heavy atom. The van der Waals surface area contributed by atoms with Crippen LogP contribution in [0.1, 0.15) is 15.9 Å². The van der Waals surface area contributed by atoms with Gasteiger partial charge in [0.25, 0.3) is 0 Å². The van der Waals surface area contributed by atoms with Crippen LogP contribution in [0.2, 0.25) is 0 Å². The number of carbonyl (C=O) groups excluding carboxylic acids is 1. The summed E-state index contributed by atoms with van der Waals surface area (Å²) in [7, 11) is 1.43. The standard InChI is InChI=1S/C12H15N2O2.CHF3O3S/c1-14(2,3)10-6-5-9(8-13)11(7-10)12(15)16-4;2-1(3,4)8(5,6)7/h5-7H,1-4H3;(H,5,6,7)/q+1;. The summed E-state index contributed by atoms with van der Waals surface area (Å²) in [5, 5.41) is 8.89. The fourth-order valence-corrected chi connectivity index (χ4v) is 1.33. The molecule has 1 N–H and O–H groups in total. The molecule has 0 unspecified atom stereocenters. The first-order valence-corrected chi connectivity index (χ1v) is 7.57. The lowest BCUT2D eigenvalue weighted by Crippen LogP contribution is -2.34. The number of alkyl halides is 3. The molecule has 1 aromatic carbocycles. The van der Waals surface area contributed by atoms with E-state index in [1.54, 1.807) is 12.1 Å². The number of methoxy groups -OCH3 is 1. The first-order chi connectivity index (χ1) is 10.6. The van der Waals surface area contributed by atoms with Crippen LogP contribution in [0.4, 0.5) is 18.9 Å². The first-order valence-electron chi connectivity index (χ1n) is 6.13. The number of esters is 1. The predicted molar refractivity (Wildman–Crippen MR) is 79.7 cm³/mol. The topological polar surface area (TPSA) is 104 Å². The monoisotopic (exact) mass is 369 g/mol. The summed E-state index contributed by atoms with van der Waals surface area (Å²) < 4.78 is 62.8. The Labute approximate surface area is 137 Å². The zero-order valence-electron chi connectivity index (χ0n) is 13.2. The normalized spacial score (nSPS) is 11.8. The molecule has 0 aliphatic carbocycles.